The lowest BCUT2D eigenvalue weighted by Gasteiger charge is -2.34. The first-order chi connectivity index (χ1) is 12.5. The maximum Gasteiger partial charge on any atom is 0.255 e. The highest BCUT2D eigenvalue weighted by molar-refractivity contribution is 5.95. The van der Waals surface area contributed by atoms with Gasteiger partial charge in [-0.15, -0.1) is 12.4 Å². The lowest BCUT2D eigenvalue weighted by Crippen LogP contribution is -2.47. The molecule has 1 atom stereocenters. The van der Waals surface area contributed by atoms with Gasteiger partial charge in [-0.25, -0.2) is 0 Å². The maximum absolute atomic E-state index is 12.6. The fraction of sp³-hybridized carbons (Fsp3) is 0.700. The molecular formula is C20H32ClN3O3. The third-order valence-electron chi connectivity index (χ3n) is 5.97. The fourth-order valence-electron chi connectivity index (χ4n) is 4.14. The predicted octanol–water partition coefficient (Wildman–Crippen LogP) is 2.76. The van der Waals surface area contributed by atoms with Crippen LogP contribution in [0.3, 0.4) is 0 Å². The van der Waals surface area contributed by atoms with E-state index in [-0.39, 0.29) is 30.3 Å². The van der Waals surface area contributed by atoms with Gasteiger partial charge in [0.05, 0.1) is 11.8 Å². The zero-order valence-electron chi connectivity index (χ0n) is 16.3. The molecule has 1 aromatic heterocycles. The Kier molecular flexibility index (Phi) is 8.17. The summed E-state index contributed by atoms with van der Waals surface area (Å²) in [6, 6.07) is 1.83. The molecule has 2 fully saturated rings. The van der Waals surface area contributed by atoms with E-state index in [1.54, 1.807) is 13.0 Å². The number of carbonyl (C=O) groups is 2. The second kappa shape index (κ2) is 10.1. The molecule has 7 heteroatoms. The quantitative estimate of drug-likeness (QED) is 0.801. The molecule has 2 saturated heterocycles. The van der Waals surface area contributed by atoms with E-state index in [9.17, 15) is 9.59 Å². The number of hydrogen-bond acceptors (Lipinski definition) is 4. The number of halogens is 1. The molecule has 2 amide bonds. The minimum absolute atomic E-state index is 0. The number of amides is 2. The summed E-state index contributed by atoms with van der Waals surface area (Å²) in [5, 5.41) is 6.45. The first kappa shape index (κ1) is 21.8. The van der Waals surface area contributed by atoms with E-state index in [4.69, 9.17) is 4.42 Å². The van der Waals surface area contributed by atoms with Crippen LogP contribution >= 0.6 is 12.4 Å². The van der Waals surface area contributed by atoms with Gasteiger partial charge in [-0.1, -0.05) is 6.92 Å². The SMILES string of the molecule is Cc1occc1C(=O)NC1CCN(C(=O)CC(C)C2CCNCC2)CC1.Cl. The summed E-state index contributed by atoms with van der Waals surface area (Å²) in [6.07, 6.45) is 6.17. The van der Waals surface area contributed by atoms with E-state index in [1.165, 1.54) is 19.1 Å². The number of furan rings is 1. The molecule has 3 rings (SSSR count). The number of carbonyl (C=O) groups excluding carboxylic acids is 2. The van der Waals surface area contributed by atoms with Crippen molar-refractivity contribution < 1.29 is 14.0 Å². The Balaban J connectivity index is 0.00000261. The molecule has 1 aromatic rings. The molecule has 0 spiro atoms. The van der Waals surface area contributed by atoms with Crippen LogP contribution < -0.4 is 10.6 Å². The van der Waals surface area contributed by atoms with Crippen LogP contribution in [0.25, 0.3) is 0 Å². The Morgan fingerprint density at radius 1 is 1.26 bits per heavy atom. The topological polar surface area (TPSA) is 74.6 Å². The second-order valence-corrected chi connectivity index (χ2v) is 7.79. The van der Waals surface area contributed by atoms with E-state index in [2.05, 4.69) is 17.6 Å². The maximum atomic E-state index is 12.6. The number of rotatable bonds is 5. The van der Waals surface area contributed by atoms with E-state index >= 15 is 0 Å². The van der Waals surface area contributed by atoms with Gasteiger partial charge >= 0.3 is 0 Å². The first-order valence-corrected chi connectivity index (χ1v) is 9.88. The lowest BCUT2D eigenvalue weighted by molar-refractivity contribution is -0.133. The van der Waals surface area contributed by atoms with Crippen molar-refractivity contribution in [3.63, 3.8) is 0 Å². The fourth-order valence-corrected chi connectivity index (χ4v) is 4.14. The summed E-state index contributed by atoms with van der Waals surface area (Å²) >= 11 is 0. The van der Waals surface area contributed by atoms with Crippen LogP contribution in [0.15, 0.2) is 16.7 Å². The van der Waals surface area contributed by atoms with Gasteiger partial charge in [0.15, 0.2) is 0 Å². The molecule has 3 heterocycles. The minimum Gasteiger partial charge on any atom is -0.469 e. The Morgan fingerprint density at radius 2 is 1.93 bits per heavy atom. The van der Waals surface area contributed by atoms with Crippen molar-refractivity contribution in [3.05, 3.63) is 23.7 Å². The van der Waals surface area contributed by atoms with Gasteiger partial charge in [-0.2, -0.15) is 0 Å². The molecule has 0 aliphatic carbocycles. The Labute approximate surface area is 167 Å². The summed E-state index contributed by atoms with van der Waals surface area (Å²) in [7, 11) is 0. The zero-order valence-corrected chi connectivity index (χ0v) is 17.1. The Bertz CT molecular complexity index is 620. The second-order valence-electron chi connectivity index (χ2n) is 7.79. The zero-order chi connectivity index (χ0) is 18.5. The van der Waals surface area contributed by atoms with Crippen molar-refractivity contribution in [2.75, 3.05) is 26.2 Å². The van der Waals surface area contributed by atoms with Crippen LogP contribution in [0.1, 0.15) is 55.1 Å². The molecule has 0 radical (unpaired) electrons. The third-order valence-corrected chi connectivity index (χ3v) is 5.97. The van der Waals surface area contributed by atoms with Crippen molar-refractivity contribution in [1.29, 1.82) is 0 Å². The molecule has 1 unspecified atom stereocenters. The van der Waals surface area contributed by atoms with Gasteiger partial charge in [0.1, 0.15) is 5.76 Å². The largest absolute Gasteiger partial charge is 0.469 e. The molecule has 2 aliphatic heterocycles. The predicted molar refractivity (Wildman–Crippen MR) is 107 cm³/mol. The summed E-state index contributed by atoms with van der Waals surface area (Å²) in [4.78, 5) is 26.9. The van der Waals surface area contributed by atoms with Gasteiger partial charge in [-0.05, 0) is 63.6 Å². The van der Waals surface area contributed by atoms with Gasteiger partial charge < -0.3 is 20.0 Å². The van der Waals surface area contributed by atoms with Crippen molar-refractivity contribution in [3.8, 4) is 0 Å². The van der Waals surface area contributed by atoms with Crippen LogP contribution in [0, 0.1) is 18.8 Å². The molecule has 6 nitrogen and oxygen atoms in total. The van der Waals surface area contributed by atoms with Crippen LogP contribution in [0.4, 0.5) is 0 Å². The number of likely N-dealkylation sites (tertiary alicyclic amines) is 1. The van der Waals surface area contributed by atoms with E-state index in [0.29, 0.717) is 29.6 Å². The summed E-state index contributed by atoms with van der Waals surface area (Å²) in [5.74, 6) is 1.94. The van der Waals surface area contributed by atoms with Crippen molar-refractivity contribution >= 4 is 24.2 Å². The highest BCUT2D eigenvalue weighted by Crippen LogP contribution is 2.25. The Morgan fingerprint density at radius 3 is 2.52 bits per heavy atom. The number of nitrogens with zero attached hydrogens (tertiary/aromatic N) is 1. The third kappa shape index (κ3) is 5.72. The van der Waals surface area contributed by atoms with Gasteiger partial charge in [0, 0.05) is 25.6 Å². The molecule has 152 valence electrons. The van der Waals surface area contributed by atoms with Crippen molar-refractivity contribution in [2.45, 2.75) is 52.0 Å². The van der Waals surface area contributed by atoms with Crippen LogP contribution in [0.5, 0.6) is 0 Å². The number of hydrogen-bond donors (Lipinski definition) is 2. The van der Waals surface area contributed by atoms with Crippen LogP contribution in [0.2, 0.25) is 0 Å². The van der Waals surface area contributed by atoms with Gasteiger partial charge in [0.2, 0.25) is 5.91 Å². The highest BCUT2D eigenvalue weighted by atomic mass is 35.5. The van der Waals surface area contributed by atoms with Crippen molar-refractivity contribution in [2.24, 2.45) is 11.8 Å². The van der Waals surface area contributed by atoms with E-state index in [0.717, 1.165) is 39.0 Å². The normalized spacial score (nSPS) is 20.0. The van der Waals surface area contributed by atoms with Crippen molar-refractivity contribution in [1.82, 2.24) is 15.5 Å². The Hall–Kier alpha value is -1.53. The molecule has 2 aliphatic rings. The van der Waals surface area contributed by atoms with Crippen LogP contribution in [-0.2, 0) is 4.79 Å². The number of aryl methyl sites for hydroxylation is 1. The number of nitrogens with one attached hydrogen (secondary N) is 2. The molecule has 2 N–H and O–H groups in total. The summed E-state index contributed by atoms with van der Waals surface area (Å²) < 4.78 is 5.19. The smallest absolute Gasteiger partial charge is 0.255 e. The highest BCUT2D eigenvalue weighted by Gasteiger charge is 2.28. The molecule has 0 saturated carbocycles. The monoisotopic (exact) mass is 397 g/mol. The van der Waals surface area contributed by atoms with Gasteiger partial charge in [0.25, 0.3) is 5.91 Å². The van der Waals surface area contributed by atoms with Crippen LogP contribution in [-0.4, -0.2) is 48.9 Å². The first-order valence-electron chi connectivity index (χ1n) is 9.88. The number of piperidine rings is 2. The lowest BCUT2D eigenvalue weighted by atomic mass is 9.84. The summed E-state index contributed by atoms with van der Waals surface area (Å²) in [5.41, 5.74) is 0.597. The average Bonchev–Trinajstić information content (AvgIpc) is 3.09. The van der Waals surface area contributed by atoms with E-state index in [1.807, 2.05) is 4.90 Å². The van der Waals surface area contributed by atoms with Gasteiger partial charge in [-0.3, -0.25) is 9.59 Å². The average molecular weight is 398 g/mol. The standard InChI is InChI=1S/C20H31N3O3.ClH/c1-14(16-3-8-21-9-4-16)13-19(24)23-10-5-17(6-11-23)22-20(25)18-7-12-26-15(18)2;/h7,12,14,16-17,21H,3-6,8-11,13H2,1-2H3,(H,22,25);1H. The molecule has 0 aromatic carbocycles. The summed E-state index contributed by atoms with van der Waals surface area (Å²) in [6.45, 7) is 7.61. The van der Waals surface area contributed by atoms with E-state index < -0.39 is 0 Å². The molecule has 27 heavy (non-hydrogen) atoms. The molecular weight excluding hydrogens is 366 g/mol. The minimum atomic E-state index is -0.0828. The molecule has 0 bridgehead atoms.